The maximum Gasteiger partial charge on any atom is 0.0713 e. The molecule has 100 valence electrons. The summed E-state index contributed by atoms with van der Waals surface area (Å²) in [6.45, 7) is 4.78. The van der Waals surface area contributed by atoms with Crippen molar-refractivity contribution < 1.29 is 0 Å². The van der Waals surface area contributed by atoms with E-state index in [0.717, 1.165) is 27.7 Å². The Hall–Kier alpha value is -2.19. The first-order valence-electron chi connectivity index (χ1n) is 6.85. The van der Waals surface area contributed by atoms with Crippen molar-refractivity contribution in [3.05, 3.63) is 65.2 Å². The number of nitrogens with two attached hydrogens (primary N) is 1. The van der Waals surface area contributed by atoms with Crippen molar-refractivity contribution in [1.82, 2.24) is 4.98 Å². The molecule has 0 bridgehead atoms. The van der Waals surface area contributed by atoms with E-state index in [1.165, 1.54) is 11.1 Å². The topological polar surface area (TPSA) is 38.9 Å². The minimum absolute atomic E-state index is 0.529. The van der Waals surface area contributed by atoms with Crippen LogP contribution in [0.25, 0.3) is 22.2 Å². The fourth-order valence-corrected chi connectivity index (χ4v) is 2.47. The van der Waals surface area contributed by atoms with Crippen molar-refractivity contribution in [3.63, 3.8) is 0 Å². The quantitative estimate of drug-likeness (QED) is 0.758. The van der Waals surface area contributed by atoms with Crippen LogP contribution in [0, 0.1) is 13.8 Å². The van der Waals surface area contributed by atoms with Crippen LogP contribution in [0.15, 0.2) is 48.5 Å². The third-order valence-electron chi connectivity index (χ3n) is 3.82. The second-order valence-corrected chi connectivity index (χ2v) is 5.19. The summed E-state index contributed by atoms with van der Waals surface area (Å²) in [4.78, 5) is 4.77. The van der Waals surface area contributed by atoms with Crippen molar-refractivity contribution in [1.29, 1.82) is 0 Å². The normalized spacial score (nSPS) is 10.9. The van der Waals surface area contributed by atoms with Crippen molar-refractivity contribution in [2.75, 3.05) is 0 Å². The number of hydrogen-bond donors (Lipinski definition) is 1. The molecule has 0 saturated heterocycles. The van der Waals surface area contributed by atoms with Gasteiger partial charge in [-0.15, -0.1) is 0 Å². The molecular formula is C18H18N2. The molecule has 2 heteroatoms. The van der Waals surface area contributed by atoms with Gasteiger partial charge in [-0.3, -0.25) is 0 Å². The molecule has 2 N–H and O–H groups in total. The van der Waals surface area contributed by atoms with E-state index in [0.29, 0.717) is 6.54 Å². The Labute approximate surface area is 119 Å². The molecule has 3 aromatic rings. The van der Waals surface area contributed by atoms with Gasteiger partial charge in [0.2, 0.25) is 0 Å². The van der Waals surface area contributed by atoms with Gasteiger partial charge in [-0.2, -0.15) is 0 Å². The minimum Gasteiger partial charge on any atom is -0.326 e. The van der Waals surface area contributed by atoms with Gasteiger partial charge in [0.25, 0.3) is 0 Å². The average molecular weight is 262 g/mol. The summed E-state index contributed by atoms with van der Waals surface area (Å²) in [7, 11) is 0. The van der Waals surface area contributed by atoms with Gasteiger partial charge in [0, 0.05) is 17.5 Å². The lowest BCUT2D eigenvalue weighted by Gasteiger charge is -2.09. The minimum atomic E-state index is 0.529. The summed E-state index contributed by atoms with van der Waals surface area (Å²) < 4.78 is 0. The lowest BCUT2D eigenvalue weighted by molar-refractivity contribution is 1.08. The Balaban J connectivity index is 2.23. The van der Waals surface area contributed by atoms with Gasteiger partial charge in [0.1, 0.15) is 0 Å². The summed E-state index contributed by atoms with van der Waals surface area (Å²) in [5, 5.41) is 1.14. The van der Waals surface area contributed by atoms with Crippen LogP contribution in [-0.4, -0.2) is 4.98 Å². The van der Waals surface area contributed by atoms with Crippen LogP contribution in [0.4, 0.5) is 0 Å². The molecule has 0 amide bonds. The maximum absolute atomic E-state index is 5.89. The number of benzene rings is 2. The van der Waals surface area contributed by atoms with E-state index in [-0.39, 0.29) is 0 Å². The van der Waals surface area contributed by atoms with E-state index in [2.05, 4.69) is 44.2 Å². The second-order valence-electron chi connectivity index (χ2n) is 5.19. The zero-order valence-corrected chi connectivity index (χ0v) is 11.9. The Morgan fingerprint density at radius 1 is 0.950 bits per heavy atom. The maximum atomic E-state index is 5.89. The van der Waals surface area contributed by atoms with Gasteiger partial charge in [-0.25, -0.2) is 4.98 Å². The van der Waals surface area contributed by atoms with Crippen LogP contribution in [-0.2, 0) is 6.54 Å². The summed E-state index contributed by atoms with van der Waals surface area (Å²) in [5.74, 6) is 0. The summed E-state index contributed by atoms with van der Waals surface area (Å²) in [6.07, 6.45) is 0. The van der Waals surface area contributed by atoms with Crippen molar-refractivity contribution in [3.8, 4) is 11.3 Å². The van der Waals surface area contributed by atoms with E-state index in [1.807, 2.05) is 18.2 Å². The first-order valence-corrected chi connectivity index (χ1v) is 6.85. The third kappa shape index (κ3) is 2.19. The first-order chi connectivity index (χ1) is 9.69. The molecule has 0 aliphatic carbocycles. The number of aryl methyl sites for hydroxylation is 2. The second kappa shape index (κ2) is 5.06. The number of pyridine rings is 1. The molecule has 0 aliphatic rings. The Morgan fingerprint density at radius 3 is 2.50 bits per heavy atom. The van der Waals surface area contributed by atoms with Gasteiger partial charge in [-0.1, -0.05) is 30.3 Å². The fraction of sp³-hybridized carbons (Fsp3) is 0.167. The van der Waals surface area contributed by atoms with Gasteiger partial charge in [0.05, 0.1) is 11.2 Å². The van der Waals surface area contributed by atoms with Crippen molar-refractivity contribution in [2.24, 2.45) is 5.73 Å². The monoisotopic (exact) mass is 262 g/mol. The number of rotatable bonds is 2. The molecule has 2 nitrogen and oxygen atoms in total. The van der Waals surface area contributed by atoms with Crippen LogP contribution in [0.3, 0.4) is 0 Å². The van der Waals surface area contributed by atoms with E-state index < -0.39 is 0 Å². The van der Waals surface area contributed by atoms with Crippen LogP contribution < -0.4 is 5.73 Å². The molecule has 0 unspecified atom stereocenters. The molecule has 0 spiro atoms. The van der Waals surface area contributed by atoms with Crippen molar-refractivity contribution >= 4 is 10.9 Å². The zero-order valence-electron chi connectivity index (χ0n) is 11.9. The number of aromatic nitrogens is 1. The van der Waals surface area contributed by atoms with Crippen LogP contribution in [0.1, 0.15) is 16.7 Å². The van der Waals surface area contributed by atoms with Crippen LogP contribution >= 0.6 is 0 Å². The smallest absolute Gasteiger partial charge is 0.0713 e. The Kier molecular flexibility index (Phi) is 3.25. The highest BCUT2D eigenvalue weighted by Crippen LogP contribution is 2.25. The molecule has 1 aromatic heterocycles. The van der Waals surface area contributed by atoms with Gasteiger partial charge >= 0.3 is 0 Å². The number of fused-ring (bicyclic) bond motifs is 1. The van der Waals surface area contributed by atoms with Crippen LogP contribution in [0.2, 0.25) is 0 Å². The fourth-order valence-electron chi connectivity index (χ4n) is 2.47. The number of para-hydroxylation sites is 1. The highest BCUT2D eigenvalue weighted by atomic mass is 14.7. The predicted octanol–water partition coefficient (Wildman–Crippen LogP) is 3.98. The lowest BCUT2D eigenvalue weighted by atomic mass is 10.0. The largest absolute Gasteiger partial charge is 0.326 e. The van der Waals surface area contributed by atoms with E-state index >= 15 is 0 Å². The highest BCUT2D eigenvalue weighted by molar-refractivity contribution is 5.85. The van der Waals surface area contributed by atoms with Gasteiger partial charge in [-0.05, 0) is 48.7 Å². The summed E-state index contributed by atoms with van der Waals surface area (Å²) >= 11 is 0. The Bertz CT molecular complexity index is 775. The van der Waals surface area contributed by atoms with E-state index in [9.17, 15) is 0 Å². The zero-order chi connectivity index (χ0) is 14.1. The average Bonchev–Trinajstić information content (AvgIpc) is 2.49. The van der Waals surface area contributed by atoms with Gasteiger partial charge in [0.15, 0.2) is 0 Å². The van der Waals surface area contributed by atoms with Crippen LogP contribution in [0.5, 0.6) is 0 Å². The third-order valence-corrected chi connectivity index (χ3v) is 3.82. The standard InChI is InChI=1S/C18H18N2/c1-12-7-8-14(9-13(12)2)18-10-15(11-19)16-5-3-4-6-17(16)20-18/h3-10H,11,19H2,1-2H3. The molecule has 0 atom stereocenters. The summed E-state index contributed by atoms with van der Waals surface area (Å²) in [5.41, 5.74) is 12.8. The van der Waals surface area contributed by atoms with E-state index in [1.54, 1.807) is 0 Å². The summed E-state index contributed by atoms with van der Waals surface area (Å²) in [6, 6.07) is 16.7. The molecule has 1 heterocycles. The van der Waals surface area contributed by atoms with E-state index in [4.69, 9.17) is 10.7 Å². The molecule has 0 radical (unpaired) electrons. The van der Waals surface area contributed by atoms with Gasteiger partial charge < -0.3 is 5.73 Å². The molecule has 0 saturated carbocycles. The highest BCUT2D eigenvalue weighted by Gasteiger charge is 2.07. The molecule has 20 heavy (non-hydrogen) atoms. The predicted molar refractivity (Wildman–Crippen MR) is 84.5 cm³/mol. The first kappa shape index (κ1) is 12.8. The lowest BCUT2D eigenvalue weighted by Crippen LogP contribution is -1.99. The molecule has 2 aromatic carbocycles. The SMILES string of the molecule is Cc1ccc(-c2cc(CN)c3ccccc3n2)cc1C. The Morgan fingerprint density at radius 2 is 1.75 bits per heavy atom. The van der Waals surface area contributed by atoms with Crippen molar-refractivity contribution in [2.45, 2.75) is 20.4 Å². The number of hydrogen-bond acceptors (Lipinski definition) is 2. The molecule has 0 fully saturated rings. The molecular weight excluding hydrogens is 244 g/mol. The molecule has 3 rings (SSSR count). The number of nitrogens with zero attached hydrogens (tertiary/aromatic N) is 1. The molecule has 0 aliphatic heterocycles.